The number of aryl methyl sites for hydroxylation is 2. The molecule has 3 N–H and O–H groups in total. The first-order chi connectivity index (χ1) is 10.1. The van der Waals surface area contributed by atoms with E-state index in [0.717, 1.165) is 28.9 Å². The van der Waals surface area contributed by atoms with Crippen molar-refractivity contribution < 1.29 is 4.74 Å². The molecule has 0 aromatic heterocycles. The third-order valence-electron chi connectivity index (χ3n) is 4.16. The van der Waals surface area contributed by atoms with E-state index in [9.17, 15) is 0 Å². The molecule has 1 unspecified atom stereocenters. The van der Waals surface area contributed by atoms with E-state index in [1.807, 2.05) is 26.0 Å². The minimum Gasteiger partial charge on any atom is -0.492 e. The molecular formula is C18H20N2O. The van der Waals surface area contributed by atoms with E-state index < -0.39 is 0 Å². The minimum absolute atomic E-state index is 0.0978. The van der Waals surface area contributed by atoms with E-state index in [0.29, 0.717) is 12.5 Å². The van der Waals surface area contributed by atoms with Gasteiger partial charge in [0.05, 0.1) is 6.61 Å². The topological polar surface area (TPSA) is 59.1 Å². The smallest absolute Gasteiger partial charge is 0.125 e. The van der Waals surface area contributed by atoms with Gasteiger partial charge < -0.3 is 10.5 Å². The van der Waals surface area contributed by atoms with E-state index in [1.54, 1.807) is 0 Å². The number of nitrogens with one attached hydrogen (secondary N) is 1. The fourth-order valence-electron chi connectivity index (χ4n) is 3.03. The van der Waals surface area contributed by atoms with Crippen LogP contribution >= 0.6 is 0 Å². The molecule has 3 heteroatoms. The number of amidine groups is 1. The van der Waals surface area contributed by atoms with Crippen LogP contribution < -0.4 is 10.5 Å². The van der Waals surface area contributed by atoms with Crippen LogP contribution in [0, 0.1) is 19.3 Å². The Labute approximate surface area is 125 Å². The number of ether oxygens (including phenoxy) is 1. The lowest BCUT2D eigenvalue weighted by Gasteiger charge is -2.30. The molecule has 0 radical (unpaired) electrons. The lowest BCUT2D eigenvalue weighted by molar-refractivity contribution is 0.272. The van der Waals surface area contributed by atoms with E-state index in [4.69, 9.17) is 15.9 Å². The first kappa shape index (κ1) is 13.7. The summed E-state index contributed by atoms with van der Waals surface area (Å²) in [5.41, 5.74) is 11.2. The summed E-state index contributed by atoms with van der Waals surface area (Å²) in [7, 11) is 0. The Morgan fingerprint density at radius 3 is 2.52 bits per heavy atom. The second-order valence-electron chi connectivity index (χ2n) is 5.76. The minimum atomic E-state index is 0.0978. The van der Waals surface area contributed by atoms with Gasteiger partial charge in [-0.05, 0) is 54.7 Å². The summed E-state index contributed by atoms with van der Waals surface area (Å²) < 4.78 is 6.05. The Morgan fingerprint density at radius 1 is 1.24 bits per heavy atom. The number of benzene rings is 2. The second kappa shape index (κ2) is 5.24. The third kappa shape index (κ3) is 2.51. The predicted molar refractivity (Wildman–Crippen MR) is 85.3 cm³/mol. The fourth-order valence-corrected chi connectivity index (χ4v) is 3.03. The summed E-state index contributed by atoms with van der Waals surface area (Å²) >= 11 is 0. The first-order valence-corrected chi connectivity index (χ1v) is 7.22. The Bertz CT molecular complexity index is 683. The van der Waals surface area contributed by atoms with Gasteiger partial charge in [-0.2, -0.15) is 0 Å². The van der Waals surface area contributed by atoms with Crippen LogP contribution in [0.3, 0.4) is 0 Å². The highest BCUT2D eigenvalue weighted by atomic mass is 16.5. The monoisotopic (exact) mass is 280 g/mol. The zero-order chi connectivity index (χ0) is 15.0. The average Bonchev–Trinajstić information content (AvgIpc) is 2.42. The lowest BCUT2D eigenvalue weighted by Crippen LogP contribution is -2.23. The molecule has 0 saturated heterocycles. The van der Waals surface area contributed by atoms with Gasteiger partial charge in [0.1, 0.15) is 11.6 Å². The number of nitrogens with two attached hydrogens (primary N) is 1. The first-order valence-electron chi connectivity index (χ1n) is 7.22. The number of hydrogen-bond donors (Lipinski definition) is 2. The van der Waals surface area contributed by atoms with E-state index in [-0.39, 0.29) is 5.84 Å². The van der Waals surface area contributed by atoms with Gasteiger partial charge >= 0.3 is 0 Å². The second-order valence-corrected chi connectivity index (χ2v) is 5.76. The van der Waals surface area contributed by atoms with Crippen molar-refractivity contribution in [3.63, 3.8) is 0 Å². The van der Waals surface area contributed by atoms with Crippen LogP contribution in [0.25, 0.3) is 0 Å². The molecule has 0 spiro atoms. The summed E-state index contributed by atoms with van der Waals surface area (Å²) in [6, 6.07) is 12.4. The molecule has 1 aliphatic rings. The highest BCUT2D eigenvalue weighted by Crippen LogP contribution is 2.36. The summed E-state index contributed by atoms with van der Waals surface area (Å²) in [4.78, 5) is 0. The summed E-state index contributed by atoms with van der Waals surface area (Å²) in [6.45, 7) is 4.71. The molecule has 0 fully saturated rings. The summed E-state index contributed by atoms with van der Waals surface area (Å²) in [5.74, 6) is 1.51. The van der Waals surface area contributed by atoms with Gasteiger partial charge in [-0.1, -0.05) is 24.3 Å². The Balaban J connectivity index is 1.74. The lowest BCUT2D eigenvalue weighted by atomic mass is 9.78. The molecule has 2 aromatic carbocycles. The average molecular weight is 280 g/mol. The molecule has 1 atom stereocenters. The van der Waals surface area contributed by atoms with E-state index >= 15 is 0 Å². The van der Waals surface area contributed by atoms with Gasteiger partial charge in [-0.25, -0.2) is 0 Å². The highest BCUT2D eigenvalue weighted by molar-refractivity contribution is 5.95. The third-order valence-corrected chi connectivity index (χ3v) is 4.16. The van der Waals surface area contributed by atoms with Crippen LogP contribution in [0.2, 0.25) is 0 Å². The van der Waals surface area contributed by atoms with Gasteiger partial charge in [-0.15, -0.1) is 0 Å². The zero-order valence-corrected chi connectivity index (χ0v) is 12.4. The quantitative estimate of drug-likeness (QED) is 0.667. The predicted octanol–water partition coefficient (Wildman–Crippen LogP) is 3.31. The van der Waals surface area contributed by atoms with E-state index in [2.05, 4.69) is 24.3 Å². The van der Waals surface area contributed by atoms with Crippen molar-refractivity contribution in [3.8, 4) is 5.75 Å². The van der Waals surface area contributed by atoms with Crippen LogP contribution in [-0.2, 0) is 6.42 Å². The number of fused-ring (bicyclic) bond motifs is 1. The van der Waals surface area contributed by atoms with Crippen LogP contribution in [-0.4, -0.2) is 12.4 Å². The molecule has 0 bridgehead atoms. The Hall–Kier alpha value is -2.29. The molecule has 3 rings (SSSR count). The number of hydrogen-bond acceptors (Lipinski definition) is 2. The maximum atomic E-state index is 7.53. The molecule has 0 aliphatic heterocycles. The molecule has 0 saturated carbocycles. The van der Waals surface area contributed by atoms with Gasteiger partial charge in [0, 0.05) is 11.5 Å². The van der Waals surface area contributed by atoms with Crippen molar-refractivity contribution in [3.05, 3.63) is 64.2 Å². The van der Waals surface area contributed by atoms with Gasteiger partial charge in [0.15, 0.2) is 0 Å². The zero-order valence-electron chi connectivity index (χ0n) is 12.4. The van der Waals surface area contributed by atoms with Gasteiger partial charge in [0.2, 0.25) is 0 Å². The number of rotatable bonds is 4. The molecular weight excluding hydrogens is 260 g/mol. The van der Waals surface area contributed by atoms with Crippen molar-refractivity contribution in [2.45, 2.75) is 26.2 Å². The van der Waals surface area contributed by atoms with Gasteiger partial charge in [0.25, 0.3) is 0 Å². The Kier molecular flexibility index (Phi) is 3.42. The van der Waals surface area contributed by atoms with Crippen LogP contribution in [0.15, 0.2) is 36.4 Å². The molecule has 2 aromatic rings. The maximum absolute atomic E-state index is 7.53. The Morgan fingerprint density at radius 2 is 1.90 bits per heavy atom. The fraction of sp³-hybridized carbons (Fsp3) is 0.278. The molecule has 3 nitrogen and oxygen atoms in total. The van der Waals surface area contributed by atoms with E-state index in [1.165, 1.54) is 11.1 Å². The van der Waals surface area contributed by atoms with Crippen molar-refractivity contribution in [1.82, 2.24) is 0 Å². The van der Waals surface area contributed by atoms with Crippen LogP contribution in [0.1, 0.15) is 33.7 Å². The highest BCUT2D eigenvalue weighted by Gasteiger charge is 2.26. The normalized spacial score (nSPS) is 16.0. The molecule has 21 heavy (non-hydrogen) atoms. The molecule has 0 amide bonds. The molecule has 0 heterocycles. The maximum Gasteiger partial charge on any atom is 0.125 e. The number of nitrogen functional groups attached to an aromatic ring is 1. The SMILES string of the molecule is Cc1cc(C(=N)N)cc(C)c1OCC1Cc2ccccc21. The van der Waals surface area contributed by atoms with Crippen molar-refractivity contribution in [1.29, 1.82) is 5.41 Å². The standard InChI is InChI=1S/C18H20N2O/c1-11-7-14(18(19)20)8-12(2)17(11)21-10-15-9-13-5-3-4-6-16(13)15/h3-8,15H,9-10H2,1-2H3,(H3,19,20). The molecule has 108 valence electrons. The van der Waals surface area contributed by atoms with Crippen molar-refractivity contribution in [2.75, 3.05) is 6.61 Å². The van der Waals surface area contributed by atoms with Crippen molar-refractivity contribution >= 4 is 5.84 Å². The van der Waals surface area contributed by atoms with Crippen LogP contribution in [0.4, 0.5) is 0 Å². The van der Waals surface area contributed by atoms with Crippen LogP contribution in [0.5, 0.6) is 5.75 Å². The summed E-state index contributed by atoms with van der Waals surface area (Å²) in [5, 5.41) is 7.53. The molecule has 1 aliphatic carbocycles. The van der Waals surface area contributed by atoms with Crippen molar-refractivity contribution in [2.24, 2.45) is 5.73 Å². The largest absolute Gasteiger partial charge is 0.492 e. The summed E-state index contributed by atoms with van der Waals surface area (Å²) in [6.07, 6.45) is 1.10. The van der Waals surface area contributed by atoms with Gasteiger partial charge in [-0.3, -0.25) is 5.41 Å².